The summed E-state index contributed by atoms with van der Waals surface area (Å²) in [7, 11) is 1.67. The molecule has 0 N–H and O–H groups in total. The van der Waals surface area contributed by atoms with Gasteiger partial charge in [0.1, 0.15) is 5.75 Å². The van der Waals surface area contributed by atoms with Crippen molar-refractivity contribution in [2.75, 3.05) is 7.11 Å². The summed E-state index contributed by atoms with van der Waals surface area (Å²) >= 11 is 1.53. The molecule has 3 rings (SSSR count). The molecule has 0 saturated heterocycles. The van der Waals surface area contributed by atoms with Crippen molar-refractivity contribution < 1.29 is 4.74 Å². The minimum atomic E-state index is 0.863. The van der Waals surface area contributed by atoms with Gasteiger partial charge in [-0.2, -0.15) is 4.37 Å². The summed E-state index contributed by atoms with van der Waals surface area (Å²) < 4.78 is 9.68. The predicted molar refractivity (Wildman–Crippen MR) is 79.5 cm³/mol. The number of nitrogens with zero attached hydrogens (tertiary/aromatic N) is 1. The van der Waals surface area contributed by atoms with Crippen LogP contribution in [0, 0.1) is 0 Å². The summed E-state index contributed by atoms with van der Waals surface area (Å²) in [5.41, 5.74) is 3.32. The molecule has 1 heterocycles. The van der Waals surface area contributed by atoms with Gasteiger partial charge in [-0.25, -0.2) is 0 Å². The predicted octanol–water partition coefficient (Wildman–Crippen LogP) is 4.49. The smallest absolute Gasteiger partial charge is 0.118 e. The molecule has 0 unspecified atom stereocenters. The monoisotopic (exact) mass is 267 g/mol. The van der Waals surface area contributed by atoms with Crippen molar-refractivity contribution in [3.8, 4) is 27.4 Å². The quantitative estimate of drug-likeness (QED) is 0.697. The zero-order valence-corrected chi connectivity index (χ0v) is 11.4. The molecule has 0 aliphatic heterocycles. The van der Waals surface area contributed by atoms with Crippen molar-refractivity contribution in [3.63, 3.8) is 0 Å². The van der Waals surface area contributed by atoms with Crippen molar-refractivity contribution in [2.24, 2.45) is 0 Å². The molecular formula is C16H13NOS. The third-order valence-electron chi connectivity index (χ3n) is 2.95. The third kappa shape index (κ3) is 2.51. The SMILES string of the molecule is COc1ccc(-c2cc(-c3ccccc3)sn2)cc1. The molecule has 0 amide bonds. The molecule has 3 heteroatoms. The summed E-state index contributed by atoms with van der Waals surface area (Å²) in [6.45, 7) is 0. The lowest BCUT2D eigenvalue weighted by molar-refractivity contribution is 0.415. The number of hydrogen-bond donors (Lipinski definition) is 0. The van der Waals surface area contributed by atoms with Crippen molar-refractivity contribution in [2.45, 2.75) is 0 Å². The highest BCUT2D eigenvalue weighted by atomic mass is 32.1. The van der Waals surface area contributed by atoms with Crippen LogP contribution in [0.2, 0.25) is 0 Å². The lowest BCUT2D eigenvalue weighted by atomic mass is 10.1. The van der Waals surface area contributed by atoms with Gasteiger partial charge in [0.15, 0.2) is 0 Å². The van der Waals surface area contributed by atoms with Crippen LogP contribution < -0.4 is 4.74 Å². The lowest BCUT2D eigenvalue weighted by Crippen LogP contribution is -1.82. The average Bonchev–Trinajstić information content (AvgIpc) is 2.98. The molecule has 0 aliphatic rings. The Morgan fingerprint density at radius 1 is 0.895 bits per heavy atom. The van der Waals surface area contributed by atoms with E-state index < -0.39 is 0 Å². The van der Waals surface area contributed by atoms with E-state index in [1.807, 2.05) is 42.5 Å². The maximum Gasteiger partial charge on any atom is 0.118 e. The minimum absolute atomic E-state index is 0.863. The molecule has 94 valence electrons. The fourth-order valence-corrected chi connectivity index (χ4v) is 2.67. The van der Waals surface area contributed by atoms with Gasteiger partial charge in [-0.15, -0.1) is 0 Å². The van der Waals surface area contributed by atoms with Gasteiger partial charge in [0.25, 0.3) is 0 Å². The summed E-state index contributed by atoms with van der Waals surface area (Å²) in [5.74, 6) is 0.863. The second-order valence-electron chi connectivity index (χ2n) is 4.17. The van der Waals surface area contributed by atoms with Gasteiger partial charge < -0.3 is 4.74 Å². The van der Waals surface area contributed by atoms with Gasteiger partial charge in [0.2, 0.25) is 0 Å². The van der Waals surface area contributed by atoms with Gasteiger partial charge in [0.05, 0.1) is 17.7 Å². The molecule has 0 aliphatic carbocycles. The van der Waals surface area contributed by atoms with E-state index >= 15 is 0 Å². The lowest BCUT2D eigenvalue weighted by Gasteiger charge is -2.00. The molecule has 2 aromatic carbocycles. The highest BCUT2D eigenvalue weighted by Gasteiger charge is 2.06. The van der Waals surface area contributed by atoms with Crippen LogP contribution in [0.4, 0.5) is 0 Å². The first-order valence-corrected chi connectivity index (χ1v) is 6.81. The molecule has 0 spiro atoms. The third-order valence-corrected chi connectivity index (χ3v) is 3.79. The van der Waals surface area contributed by atoms with Crippen molar-refractivity contribution in [3.05, 3.63) is 60.7 Å². The summed E-state index contributed by atoms with van der Waals surface area (Å²) in [6.07, 6.45) is 0. The van der Waals surface area contributed by atoms with Gasteiger partial charge in [0, 0.05) is 5.56 Å². The second-order valence-corrected chi connectivity index (χ2v) is 4.98. The van der Waals surface area contributed by atoms with E-state index in [0.717, 1.165) is 17.0 Å². The Hall–Kier alpha value is -2.13. The van der Waals surface area contributed by atoms with E-state index in [-0.39, 0.29) is 0 Å². The van der Waals surface area contributed by atoms with Crippen molar-refractivity contribution in [1.82, 2.24) is 4.37 Å². The Morgan fingerprint density at radius 3 is 2.32 bits per heavy atom. The number of aromatic nitrogens is 1. The fourth-order valence-electron chi connectivity index (χ4n) is 1.91. The van der Waals surface area contributed by atoms with Crippen molar-refractivity contribution in [1.29, 1.82) is 0 Å². The molecule has 0 saturated carbocycles. The first-order valence-electron chi connectivity index (χ1n) is 6.03. The van der Waals surface area contributed by atoms with Crippen LogP contribution >= 0.6 is 11.5 Å². The molecular weight excluding hydrogens is 254 g/mol. The number of benzene rings is 2. The Balaban J connectivity index is 1.92. The van der Waals surface area contributed by atoms with E-state index in [1.165, 1.54) is 22.0 Å². The maximum atomic E-state index is 5.16. The van der Waals surface area contributed by atoms with Crippen LogP contribution in [0.3, 0.4) is 0 Å². The molecule has 0 radical (unpaired) electrons. The standard InChI is InChI=1S/C16H13NOS/c1-18-14-9-7-12(8-10-14)15-11-16(19-17-15)13-5-3-2-4-6-13/h2-11H,1H3. The second kappa shape index (κ2) is 5.24. The zero-order chi connectivity index (χ0) is 13.1. The molecule has 0 bridgehead atoms. The topological polar surface area (TPSA) is 22.1 Å². The highest BCUT2D eigenvalue weighted by Crippen LogP contribution is 2.30. The maximum absolute atomic E-state index is 5.16. The Morgan fingerprint density at radius 2 is 1.63 bits per heavy atom. The molecule has 19 heavy (non-hydrogen) atoms. The summed E-state index contributed by atoms with van der Waals surface area (Å²) in [4.78, 5) is 1.19. The van der Waals surface area contributed by atoms with Crippen LogP contribution in [0.1, 0.15) is 0 Å². The molecule has 0 atom stereocenters. The van der Waals surface area contributed by atoms with Crippen LogP contribution in [-0.4, -0.2) is 11.5 Å². The van der Waals surface area contributed by atoms with E-state index in [4.69, 9.17) is 4.74 Å². The molecule has 1 aromatic heterocycles. The first-order chi connectivity index (χ1) is 9.36. The largest absolute Gasteiger partial charge is 0.497 e. The van der Waals surface area contributed by atoms with Crippen LogP contribution in [0.25, 0.3) is 21.7 Å². The first kappa shape index (κ1) is 11.9. The molecule has 3 aromatic rings. The average molecular weight is 267 g/mol. The normalized spacial score (nSPS) is 10.4. The highest BCUT2D eigenvalue weighted by molar-refractivity contribution is 7.09. The van der Waals surface area contributed by atoms with Crippen LogP contribution in [0.15, 0.2) is 60.7 Å². The van der Waals surface area contributed by atoms with Gasteiger partial charge >= 0.3 is 0 Å². The minimum Gasteiger partial charge on any atom is -0.497 e. The zero-order valence-electron chi connectivity index (χ0n) is 10.5. The Kier molecular flexibility index (Phi) is 3.29. The van der Waals surface area contributed by atoms with E-state index in [9.17, 15) is 0 Å². The number of rotatable bonds is 3. The molecule has 0 fully saturated rings. The van der Waals surface area contributed by atoms with E-state index in [2.05, 4.69) is 22.6 Å². The number of methoxy groups -OCH3 is 1. The Labute approximate surface area is 116 Å². The number of hydrogen-bond acceptors (Lipinski definition) is 3. The van der Waals surface area contributed by atoms with E-state index in [1.54, 1.807) is 7.11 Å². The van der Waals surface area contributed by atoms with Gasteiger partial charge in [-0.05, 0) is 47.4 Å². The van der Waals surface area contributed by atoms with Crippen molar-refractivity contribution >= 4 is 11.5 Å². The van der Waals surface area contributed by atoms with Gasteiger partial charge in [-0.3, -0.25) is 0 Å². The molecule has 2 nitrogen and oxygen atoms in total. The van der Waals surface area contributed by atoms with Crippen LogP contribution in [0.5, 0.6) is 5.75 Å². The van der Waals surface area contributed by atoms with Crippen LogP contribution in [-0.2, 0) is 0 Å². The number of ether oxygens (including phenoxy) is 1. The Bertz CT molecular complexity index is 659. The summed E-state index contributed by atoms with van der Waals surface area (Å²) in [6, 6.07) is 20.4. The fraction of sp³-hybridized carbons (Fsp3) is 0.0625. The summed E-state index contributed by atoms with van der Waals surface area (Å²) in [5, 5.41) is 0. The van der Waals surface area contributed by atoms with Gasteiger partial charge in [-0.1, -0.05) is 30.3 Å². The van der Waals surface area contributed by atoms with E-state index in [0.29, 0.717) is 0 Å².